The van der Waals surface area contributed by atoms with Gasteiger partial charge in [0.2, 0.25) is 5.91 Å². The Balaban J connectivity index is 1.80. The first-order chi connectivity index (χ1) is 10.6. The van der Waals surface area contributed by atoms with Crippen molar-refractivity contribution >= 4 is 17.5 Å². The average molecular weight is 318 g/mol. The van der Waals surface area contributed by atoms with Crippen LogP contribution >= 0.6 is 11.6 Å². The Morgan fingerprint density at radius 3 is 2.95 bits per heavy atom. The number of halogens is 1. The van der Waals surface area contributed by atoms with Crippen LogP contribution in [0.4, 0.5) is 0 Å². The number of benzene rings is 1. The summed E-state index contributed by atoms with van der Waals surface area (Å²) >= 11 is 5.85. The third kappa shape index (κ3) is 3.17. The van der Waals surface area contributed by atoms with Crippen molar-refractivity contribution in [2.45, 2.75) is 44.1 Å². The lowest BCUT2D eigenvalue weighted by molar-refractivity contribution is -0.121. The number of carbonyl (C=O) groups excluding carboxylic acids is 1. The highest BCUT2D eigenvalue weighted by atomic mass is 35.5. The number of hydrogen-bond donors (Lipinski definition) is 1. The molecule has 1 heterocycles. The second-order valence-corrected chi connectivity index (χ2v) is 6.41. The topological polar surface area (TPSA) is 46.9 Å². The normalized spacial score (nSPS) is 18.5. The molecule has 116 valence electrons. The number of carbonyl (C=O) groups is 1. The Hall–Kier alpha value is -1.81. The molecular formula is C17H20ClN3O. The van der Waals surface area contributed by atoms with Crippen molar-refractivity contribution in [2.24, 2.45) is 0 Å². The minimum atomic E-state index is -0.509. The molecule has 0 fully saturated rings. The largest absolute Gasteiger partial charge is 0.348 e. The van der Waals surface area contributed by atoms with E-state index in [4.69, 9.17) is 11.6 Å². The molecule has 2 atom stereocenters. The number of amides is 1. The van der Waals surface area contributed by atoms with Crippen LogP contribution in [0.5, 0.6) is 0 Å². The fourth-order valence-electron chi connectivity index (χ4n) is 2.95. The Kier molecular flexibility index (Phi) is 4.48. The molecule has 2 aromatic rings. The van der Waals surface area contributed by atoms with Crippen molar-refractivity contribution in [3.05, 3.63) is 53.3 Å². The first-order valence-electron chi connectivity index (χ1n) is 7.68. The molecule has 0 aliphatic heterocycles. The van der Waals surface area contributed by atoms with Crippen LogP contribution in [-0.2, 0) is 17.8 Å². The Labute approximate surface area is 135 Å². The SMILES string of the molecule is CC(Cl)C(=O)NC1CCCc2c1cnn2Cc1ccccc1. The molecule has 0 saturated heterocycles. The molecule has 1 aliphatic rings. The van der Waals surface area contributed by atoms with E-state index in [1.54, 1.807) is 6.92 Å². The summed E-state index contributed by atoms with van der Waals surface area (Å²) in [5.41, 5.74) is 3.59. The molecule has 1 amide bonds. The van der Waals surface area contributed by atoms with Crippen LogP contribution in [0.15, 0.2) is 36.5 Å². The average Bonchev–Trinajstić information content (AvgIpc) is 2.92. The summed E-state index contributed by atoms with van der Waals surface area (Å²) in [7, 11) is 0. The van der Waals surface area contributed by atoms with Gasteiger partial charge in [-0.2, -0.15) is 5.10 Å². The highest BCUT2D eigenvalue weighted by molar-refractivity contribution is 6.30. The van der Waals surface area contributed by atoms with Gasteiger partial charge in [-0.25, -0.2) is 0 Å². The van der Waals surface area contributed by atoms with Crippen LogP contribution in [-0.4, -0.2) is 21.1 Å². The maximum absolute atomic E-state index is 11.8. The molecule has 0 spiro atoms. The van der Waals surface area contributed by atoms with Gasteiger partial charge in [0.05, 0.1) is 18.8 Å². The van der Waals surface area contributed by atoms with E-state index in [-0.39, 0.29) is 11.9 Å². The van der Waals surface area contributed by atoms with Gasteiger partial charge in [-0.3, -0.25) is 9.48 Å². The van der Waals surface area contributed by atoms with E-state index in [1.807, 2.05) is 29.1 Å². The second-order valence-electron chi connectivity index (χ2n) is 5.76. The molecule has 0 bridgehead atoms. The molecular weight excluding hydrogens is 298 g/mol. The number of hydrogen-bond acceptors (Lipinski definition) is 2. The van der Waals surface area contributed by atoms with Crippen molar-refractivity contribution in [1.29, 1.82) is 0 Å². The monoisotopic (exact) mass is 317 g/mol. The second kappa shape index (κ2) is 6.53. The smallest absolute Gasteiger partial charge is 0.238 e. The number of alkyl halides is 1. The molecule has 1 aromatic carbocycles. The molecule has 1 N–H and O–H groups in total. The zero-order valence-electron chi connectivity index (χ0n) is 12.6. The quantitative estimate of drug-likeness (QED) is 0.881. The van der Waals surface area contributed by atoms with Crippen molar-refractivity contribution in [3.8, 4) is 0 Å². The van der Waals surface area contributed by atoms with E-state index in [1.165, 1.54) is 11.3 Å². The summed E-state index contributed by atoms with van der Waals surface area (Å²) in [5, 5.41) is 7.05. The number of aromatic nitrogens is 2. The minimum absolute atomic E-state index is 0.0296. The third-order valence-electron chi connectivity index (χ3n) is 4.12. The fourth-order valence-corrected chi connectivity index (χ4v) is 3.01. The zero-order chi connectivity index (χ0) is 15.5. The van der Waals surface area contributed by atoms with Gasteiger partial charge in [0.15, 0.2) is 0 Å². The van der Waals surface area contributed by atoms with Gasteiger partial charge in [0.1, 0.15) is 5.38 Å². The van der Waals surface area contributed by atoms with Crippen LogP contribution in [0.25, 0.3) is 0 Å². The predicted octanol–water partition coefficient (Wildman–Crippen LogP) is 3.05. The summed E-state index contributed by atoms with van der Waals surface area (Å²) < 4.78 is 2.05. The van der Waals surface area contributed by atoms with Crippen LogP contribution in [0.2, 0.25) is 0 Å². The standard InChI is InChI=1S/C17H20ClN3O/c1-12(18)17(22)20-15-8-5-9-16-14(15)10-19-21(16)11-13-6-3-2-4-7-13/h2-4,6-7,10,12,15H,5,8-9,11H2,1H3,(H,20,22). The minimum Gasteiger partial charge on any atom is -0.348 e. The van der Waals surface area contributed by atoms with Gasteiger partial charge in [-0.05, 0) is 31.7 Å². The number of nitrogens with one attached hydrogen (secondary N) is 1. The first kappa shape index (κ1) is 15.1. The highest BCUT2D eigenvalue weighted by Gasteiger charge is 2.26. The van der Waals surface area contributed by atoms with E-state index in [9.17, 15) is 4.79 Å². The lowest BCUT2D eigenvalue weighted by atomic mass is 9.93. The van der Waals surface area contributed by atoms with E-state index in [2.05, 4.69) is 22.5 Å². The Bertz CT molecular complexity index is 651. The van der Waals surface area contributed by atoms with Gasteiger partial charge in [-0.15, -0.1) is 11.6 Å². The highest BCUT2D eigenvalue weighted by Crippen LogP contribution is 2.30. The summed E-state index contributed by atoms with van der Waals surface area (Å²) in [6.07, 6.45) is 4.89. The maximum Gasteiger partial charge on any atom is 0.238 e. The molecule has 5 heteroatoms. The van der Waals surface area contributed by atoms with Crippen LogP contribution < -0.4 is 5.32 Å². The maximum atomic E-state index is 11.8. The summed E-state index contributed by atoms with van der Waals surface area (Å²) in [4.78, 5) is 11.8. The van der Waals surface area contributed by atoms with Crippen molar-refractivity contribution < 1.29 is 4.79 Å². The molecule has 1 aromatic heterocycles. The van der Waals surface area contributed by atoms with Gasteiger partial charge in [-0.1, -0.05) is 30.3 Å². The van der Waals surface area contributed by atoms with Crippen LogP contribution in [0.1, 0.15) is 42.6 Å². The van der Waals surface area contributed by atoms with Crippen molar-refractivity contribution in [3.63, 3.8) is 0 Å². The molecule has 0 saturated carbocycles. The van der Waals surface area contributed by atoms with Gasteiger partial charge < -0.3 is 5.32 Å². The van der Waals surface area contributed by atoms with Gasteiger partial charge in [0, 0.05) is 11.3 Å². The third-order valence-corrected chi connectivity index (χ3v) is 4.31. The summed E-state index contributed by atoms with van der Waals surface area (Å²) in [6, 6.07) is 10.3. The van der Waals surface area contributed by atoms with Crippen molar-refractivity contribution in [2.75, 3.05) is 0 Å². The molecule has 4 nitrogen and oxygen atoms in total. The summed E-state index contributed by atoms with van der Waals surface area (Å²) in [6.45, 7) is 2.46. The first-order valence-corrected chi connectivity index (χ1v) is 8.11. The zero-order valence-corrected chi connectivity index (χ0v) is 13.4. The van der Waals surface area contributed by atoms with E-state index >= 15 is 0 Å². The van der Waals surface area contributed by atoms with Gasteiger partial charge in [0.25, 0.3) is 0 Å². The van der Waals surface area contributed by atoms with E-state index in [0.29, 0.717) is 0 Å². The van der Waals surface area contributed by atoms with E-state index in [0.717, 1.165) is 31.4 Å². The summed E-state index contributed by atoms with van der Waals surface area (Å²) in [5.74, 6) is -0.115. The molecule has 3 rings (SSSR count). The molecule has 22 heavy (non-hydrogen) atoms. The number of rotatable bonds is 4. The fraction of sp³-hybridized carbons (Fsp3) is 0.412. The Morgan fingerprint density at radius 1 is 1.45 bits per heavy atom. The number of fused-ring (bicyclic) bond motifs is 1. The molecule has 0 radical (unpaired) electrons. The van der Waals surface area contributed by atoms with E-state index < -0.39 is 5.38 Å². The predicted molar refractivity (Wildman–Crippen MR) is 86.9 cm³/mol. The van der Waals surface area contributed by atoms with Gasteiger partial charge >= 0.3 is 0 Å². The van der Waals surface area contributed by atoms with Crippen LogP contribution in [0, 0.1) is 0 Å². The Morgan fingerprint density at radius 2 is 2.23 bits per heavy atom. The lowest BCUT2D eigenvalue weighted by Gasteiger charge is -2.24. The van der Waals surface area contributed by atoms with Crippen LogP contribution in [0.3, 0.4) is 0 Å². The molecule has 1 aliphatic carbocycles. The number of nitrogens with zero attached hydrogens (tertiary/aromatic N) is 2. The molecule has 2 unspecified atom stereocenters. The lowest BCUT2D eigenvalue weighted by Crippen LogP contribution is -2.35. The van der Waals surface area contributed by atoms with Crippen molar-refractivity contribution in [1.82, 2.24) is 15.1 Å².